The van der Waals surface area contributed by atoms with Crippen LogP contribution in [-0.2, 0) is 47.4 Å². The second kappa shape index (κ2) is 18.5. The highest BCUT2D eigenvalue weighted by atomic mass is 16.8. The van der Waals surface area contributed by atoms with Gasteiger partial charge in [0.15, 0.2) is 18.7 Å². The van der Waals surface area contributed by atoms with Crippen LogP contribution in [0.1, 0.15) is 36.5 Å². The fourth-order valence-corrected chi connectivity index (χ4v) is 8.72. The van der Waals surface area contributed by atoms with Gasteiger partial charge in [0.25, 0.3) is 0 Å². The van der Waals surface area contributed by atoms with Gasteiger partial charge in [-0.1, -0.05) is 25.1 Å². The van der Waals surface area contributed by atoms with Crippen LogP contribution in [0.2, 0.25) is 0 Å². The molecule has 0 aromatic heterocycles. The van der Waals surface area contributed by atoms with Gasteiger partial charge in [0.05, 0.1) is 50.1 Å². The van der Waals surface area contributed by atoms with Gasteiger partial charge in [-0.05, 0) is 25.0 Å². The summed E-state index contributed by atoms with van der Waals surface area (Å²) in [4.78, 5) is 26.9. The van der Waals surface area contributed by atoms with Crippen LogP contribution in [0.15, 0.2) is 30.3 Å². The van der Waals surface area contributed by atoms with E-state index in [2.05, 4.69) is 0 Å². The summed E-state index contributed by atoms with van der Waals surface area (Å²) in [5.74, 6) is -5.46. The quantitative estimate of drug-likeness (QED) is 0.0973. The van der Waals surface area contributed by atoms with Gasteiger partial charge >= 0.3 is 11.9 Å². The molecule has 7 rings (SSSR count). The number of aliphatic hydroxyl groups excluding tert-OH is 11. The summed E-state index contributed by atoms with van der Waals surface area (Å²) >= 11 is 0. The fourth-order valence-electron chi connectivity index (χ4n) is 8.72. The van der Waals surface area contributed by atoms with E-state index in [9.17, 15) is 70.9 Å². The highest BCUT2D eigenvalue weighted by Gasteiger charge is 2.70. The average Bonchev–Trinajstić information content (AvgIpc) is 3.46. The third kappa shape index (κ3) is 8.69. The van der Waals surface area contributed by atoms with Crippen LogP contribution in [0.25, 0.3) is 0 Å². The Morgan fingerprint density at radius 2 is 1.34 bits per heavy atom. The minimum Gasteiger partial charge on any atom is -0.458 e. The van der Waals surface area contributed by atoms with Crippen LogP contribution in [0.4, 0.5) is 0 Å². The third-order valence-electron chi connectivity index (χ3n) is 12.5. The van der Waals surface area contributed by atoms with Crippen LogP contribution < -0.4 is 0 Å². The first kappa shape index (κ1) is 46.4. The zero-order valence-corrected chi connectivity index (χ0v) is 32.7. The molecule has 5 saturated heterocycles. The van der Waals surface area contributed by atoms with Crippen LogP contribution in [-0.4, -0.2) is 221 Å². The summed E-state index contributed by atoms with van der Waals surface area (Å²) in [5.41, 5.74) is -2.11. The molecule has 6 fully saturated rings. The molecule has 61 heavy (non-hydrogen) atoms. The normalized spacial score (nSPS) is 48.9. The molecule has 0 bridgehead atoms. The van der Waals surface area contributed by atoms with Crippen molar-refractivity contribution in [3.8, 4) is 0 Å². The largest absolute Gasteiger partial charge is 0.458 e. The Kier molecular flexibility index (Phi) is 14.1. The number of carbonyl (C=O) groups excluding carboxylic acids is 2. The number of hydrogen-bond acceptors (Lipinski definition) is 23. The first-order valence-corrected chi connectivity index (χ1v) is 20.0. The SMILES string of the molecule is CC1COC2(CC1OC(=O)c1ccccc1)OC1CC(C(=O)OC3OC(CO)C(O)C(O)C3OC3OC(CO)C(O)C(O)C3OC3OCC(O)C(O)C3O)CC(O)C1(O)C2O. The lowest BCUT2D eigenvalue weighted by molar-refractivity contribution is -0.386. The molecule has 1 aromatic rings. The number of esters is 2. The molecule has 0 radical (unpaired) electrons. The Morgan fingerprint density at radius 1 is 0.738 bits per heavy atom. The monoisotopic (exact) mass is 878 g/mol. The molecule has 0 amide bonds. The molecule has 1 aromatic carbocycles. The van der Waals surface area contributed by atoms with Crippen molar-refractivity contribution in [3.63, 3.8) is 0 Å². The second-order valence-electron chi connectivity index (χ2n) is 16.5. The zero-order chi connectivity index (χ0) is 44.1. The number of ether oxygens (including phenoxy) is 9. The lowest BCUT2D eigenvalue weighted by Gasteiger charge is -2.48. The van der Waals surface area contributed by atoms with Gasteiger partial charge < -0.3 is 104 Å². The van der Waals surface area contributed by atoms with Crippen molar-refractivity contribution in [2.24, 2.45) is 11.8 Å². The van der Waals surface area contributed by atoms with Gasteiger partial charge in [-0.15, -0.1) is 0 Å². The number of carbonyl (C=O) groups is 2. The molecule has 344 valence electrons. The maximum atomic E-state index is 13.9. The molecule has 6 aliphatic rings. The molecule has 22 unspecified atom stereocenters. The van der Waals surface area contributed by atoms with Gasteiger partial charge in [0.2, 0.25) is 12.1 Å². The van der Waals surface area contributed by atoms with E-state index in [-0.39, 0.29) is 30.9 Å². The Hall–Kier alpha value is -2.60. The van der Waals surface area contributed by atoms with Crippen molar-refractivity contribution in [2.75, 3.05) is 26.4 Å². The van der Waals surface area contributed by atoms with E-state index >= 15 is 0 Å². The standard InChI is InChI=1S/C38H54O23/c1-14-12-54-37(9-18(14)55-31(49)15-5-3-2-4-6-15)36(51)38(52)21(42)7-16(8-22(38)61-37)32(50)60-35-30(27(47)25(45)20(11-40)57-35)59-34-29(26(46)24(44)19(10-39)56-34)58-33-28(48)23(43)17(41)13-53-33/h2-6,14,16-30,33-36,39-48,51-52H,7-13H2,1H3. The molecular formula is C38H54O23. The lowest BCUT2D eigenvalue weighted by Crippen LogP contribution is -2.66. The zero-order valence-electron chi connectivity index (χ0n) is 32.7. The van der Waals surface area contributed by atoms with E-state index in [4.69, 9.17) is 42.6 Å². The molecule has 1 spiro atoms. The molecule has 1 saturated carbocycles. The van der Waals surface area contributed by atoms with E-state index in [1.807, 2.05) is 0 Å². The van der Waals surface area contributed by atoms with E-state index < -0.39 is 166 Å². The molecular weight excluding hydrogens is 824 g/mol. The minimum absolute atomic E-state index is 0.0836. The van der Waals surface area contributed by atoms with E-state index in [0.29, 0.717) is 0 Å². The summed E-state index contributed by atoms with van der Waals surface area (Å²) in [5, 5.41) is 129. The molecule has 23 nitrogen and oxygen atoms in total. The van der Waals surface area contributed by atoms with Crippen LogP contribution in [0.5, 0.6) is 0 Å². The van der Waals surface area contributed by atoms with E-state index in [1.54, 1.807) is 37.3 Å². The third-order valence-corrected chi connectivity index (χ3v) is 12.5. The Bertz CT molecular complexity index is 1660. The smallest absolute Gasteiger partial charge is 0.338 e. The molecule has 22 atom stereocenters. The van der Waals surface area contributed by atoms with E-state index in [0.717, 1.165) is 0 Å². The number of benzene rings is 1. The number of fused-ring (bicyclic) bond motifs is 1. The van der Waals surface area contributed by atoms with Gasteiger partial charge in [0.1, 0.15) is 78.8 Å². The van der Waals surface area contributed by atoms with Crippen LogP contribution in [0.3, 0.4) is 0 Å². The van der Waals surface area contributed by atoms with Gasteiger partial charge in [-0.2, -0.15) is 0 Å². The molecule has 5 heterocycles. The number of hydrogen-bond donors (Lipinski definition) is 12. The fraction of sp³-hybridized carbons (Fsp3) is 0.789. The van der Waals surface area contributed by atoms with Crippen molar-refractivity contribution < 1.29 is 113 Å². The second-order valence-corrected chi connectivity index (χ2v) is 16.5. The van der Waals surface area contributed by atoms with E-state index in [1.165, 1.54) is 0 Å². The first-order valence-electron chi connectivity index (χ1n) is 20.0. The number of aliphatic hydroxyl groups is 12. The topological polar surface area (TPSA) is 360 Å². The van der Waals surface area contributed by atoms with Crippen LogP contribution in [0, 0.1) is 11.8 Å². The van der Waals surface area contributed by atoms with Crippen molar-refractivity contribution in [1.29, 1.82) is 0 Å². The molecule has 23 heteroatoms. The van der Waals surface area contributed by atoms with Crippen molar-refractivity contribution in [1.82, 2.24) is 0 Å². The predicted octanol–water partition coefficient (Wildman–Crippen LogP) is -6.14. The minimum atomic E-state index is -2.38. The maximum absolute atomic E-state index is 13.9. The summed E-state index contributed by atoms with van der Waals surface area (Å²) in [6, 6.07) is 8.16. The highest BCUT2D eigenvalue weighted by molar-refractivity contribution is 5.89. The van der Waals surface area contributed by atoms with Gasteiger partial charge in [-0.3, -0.25) is 4.79 Å². The van der Waals surface area contributed by atoms with Gasteiger partial charge in [0, 0.05) is 12.3 Å². The Labute approximate surface area is 347 Å². The lowest BCUT2D eigenvalue weighted by atomic mass is 9.71. The molecule has 1 aliphatic carbocycles. The first-order chi connectivity index (χ1) is 28.9. The Morgan fingerprint density at radius 3 is 1.98 bits per heavy atom. The molecule has 12 N–H and O–H groups in total. The summed E-state index contributed by atoms with van der Waals surface area (Å²) in [7, 11) is 0. The van der Waals surface area contributed by atoms with Crippen LogP contribution >= 0.6 is 0 Å². The van der Waals surface area contributed by atoms with Crippen molar-refractivity contribution in [3.05, 3.63) is 35.9 Å². The van der Waals surface area contributed by atoms with Crippen molar-refractivity contribution in [2.45, 2.75) is 148 Å². The summed E-state index contributed by atoms with van der Waals surface area (Å²) < 4.78 is 51.5. The van der Waals surface area contributed by atoms with Crippen molar-refractivity contribution >= 4 is 11.9 Å². The van der Waals surface area contributed by atoms with Gasteiger partial charge in [-0.25, -0.2) is 4.79 Å². The number of rotatable bonds is 10. The predicted molar refractivity (Wildman–Crippen MR) is 192 cm³/mol. The Balaban J connectivity index is 1.07. The average molecular weight is 879 g/mol. The maximum Gasteiger partial charge on any atom is 0.338 e. The highest BCUT2D eigenvalue weighted by Crippen LogP contribution is 2.52. The summed E-state index contributed by atoms with van der Waals surface area (Å²) in [6.07, 6.45) is -32.9. The summed E-state index contributed by atoms with van der Waals surface area (Å²) in [6.45, 7) is -0.663. The molecule has 5 aliphatic heterocycles.